The Morgan fingerprint density at radius 2 is 2.08 bits per heavy atom. The van der Waals surface area contributed by atoms with E-state index in [1.807, 2.05) is 24.3 Å². The van der Waals surface area contributed by atoms with E-state index in [0.29, 0.717) is 29.7 Å². The predicted molar refractivity (Wildman–Crippen MR) is 93.5 cm³/mol. The number of para-hydroxylation sites is 1. The smallest absolute Gasteiger partial charge is 0.273 e. The number of benzene rings is 1. The molecule has 2 aromatic heterocycles. The van der Waals surface area contributed by atoms with Crippen LogP contribution in [-0.4, -0.2) is 39.6 Å². The van der Waals surface area contributed by atoms with E-state index >= 15 is 0 Å². The predicted octanol–water partition coefficient (Wildman–Crippen LogP) is 3.12. The third-order valence-corrected chi connectivity index (χ3v) is 4.47. The minimum Gasteiger partial charge on any atom is -0.496 e. The summed E-state index contributed by atoms with van der Waals surface area (Å²) in [6.45, 7) is 0.645. The maximum absolute atomic E-state index is 12.8. The lowest BCUT2D eigenvalue weighted by molar-refractivity contribution is 0.0704. The molecule has 4 rings (SSSR count). The number of pyridine rings is 1. The molecule has 1 fully saturated rings. The molecular weight excluding hydrogens is 332 g/mol. The van der Waals surface area contributed by atoms with E-state index < -0.39 is 0 Å². The fraction of sp³-hybridized carbons (Fsp3) is 0.263. The highest BCUT2D eigenvalue weighted by atomic mass is 16.5. The number of ether oxygens (including phenoxy) is 1. The van der Waals surface area contributed by atoms with Crippen LogP contribution in [0.1, 0.15) is 35.3 Å². The first-order valence-corrected chi connectivity index (χ1v) is 8.47. The summed E-state index contributed by atoms with van der Waals surface area (Å²) in [5.74, 6) is 1.44. The minimum atomic E-state index is -0.236. The molecule has 0 bridgehead atoms. The van der Waals surface area contributed by atoms with E-state index in [0.717, 1.165) is 18.4 Å². The number of aromatic nitrogens is 3. The molecule has 1 aliphatic heterocycles. The second kappa shape index (κ2) is 6.95. The number of likely N-dealkylation sites (tertiary alicyclic amines) is 1. The normalized spacial score (nSPS) is 16.7. The van der Waals surface area contributed by atoms with E-state index in [2.05, 4.69) is 15.1 Å². The highest BCUT2D eigenvalue weighted by Crippen LogP contribution is 2.34. The van der Waals surface area contributed by atoms with Crippen LogP contribution < -0.4 is 4.74 Å². The van der Waals surface area contributed by atoms with E-state index in [1.165, 1.54) is 0 Å². The van der Waals surface area contributed by atoms with Gasteiger partial charge in [0.15, 0.2) is 0 Å². The molecule has 1 saturated heterocycles. The zero-order chi connectivity index (χ0) is 17.9. The van der Waals surface area contributed by atoms with Gasteiger partial charge in [-0.25, -0.2) is 0 Å². The van der Waals surface area contributed by atoms with Gasteiger partial charge >= 0.3 is 0 Å². The largest absolute Gasteiger partial charge is 0.496 e. The molecule has 1 atom stereocenters. The summed E-state index contributed by atoms with van der Waals surface area (Å²) >= 11 is 0. The van der Waals surface area contributed by atoms with E-state index in [9.17, 15) is 4.79 Å². The Bertz CT molecular complexity index is 910. The van der Waals surface area contributed by atoms with Crippen LogP contribution in [0.15, 0.2) is 53.2 Å². The van der Waals surface area contributed by atoms with Crippen molar-refractivity contribution >= 4 is 5.91 Å². The minimum absolute atomic E-state index is 0.120. The van der Waals surface area contributed by atoms with Gasteiger partial charge in [-0.3, -0.25) is 9.78 Å². The molecule has 7 heteroatoms. The maximum atomic E-state index is 12.8. The van der Waals surface area contributed by atoms with Gasteiger partial charge in [0, 0.05) is 12.7 Å². The maximum Gasteiger partial charge on any atom is 0.273 e. The number of carbonyl (C=O) groups is 1. The SMILES string of the molecule is COc1ccccc1-c1noc(C2CCCN2C(=O)c2ccccn2)n1. The summed E-state index contributed by atoms with van der Waals surface area (Å²) in [6.07, 6.45) is 3.28. The number of hydrogen-bond donors (Lipinski definition) is 0. The van der Waals surface area contributed by atoms with Gasteiger partial charge < -0.3 is 14.2 Å². The second-order valence-corrected chi connectivity index (χ2v) is 6.03. The Hall–Kier alpha value is -3.22. The second-order valence-electron chi connectivity index (χ2n) is 6.03. The van der Waals surface area contributed by atoms with Crippen LogP contribution in [-0.2, 0) is 0 Å². The number of hydrogen-bond acceptors (Lipinski definition) is 6. The summed E-state index contributed by atoms with van der Waals surface area (Å²) in [5.41, 5.74) is 1.18. The Morgan fingerprint density at radius 3 is 2.88 bits per heavy atom. The molecule has 0 radical (unpaired) electrons. The van der Waals surface area contributed by atoms with E-state index in [4.69, 9.17) is 9.26 Å². The number of amides is 1. The molecule has 3 heterocycles. The van der Waals surface area contributed by atoms with Crippen LogP contribution in [0.3, 0.4) is 0 Å². The van der Waals surface area contributed by atoms with Crippen molar-refractivity contribution in [3.05, 3.63) is 60.2 Å². The van der Waals surface area contributed by atoms with Crippen molar-refractivity contribution in [2.24, 2.45) is 0 Å². The van der Waals surface area contributed by atoms with Crippen LogP contribution in [0.5, 0.6) is 5.75 Å². The van der Waals surface area contributed by atoms with E-state index in [1.54, 1.807) is 36.4 Å². The van der Waals surface area contributed by atoms with Crippen LogP contribution in [0.25, 0.3) is 11.4 Å². The Labute approximate surface area is 150 Å². The van der Waals surface area contributed by atoms with Crippen molar-refractivity contribution in [3.63, 3.8) is 0 Å². The molecule has 0 saturated carbocycles. The molecule has 1 aliphatic rings. The summed E-state index contributed by atoms with van der Waals surface area (Å²) in [4.78, 5) is 23.2. The van der Waals surface area contributed by atoms with E-state index in [-0.39, 0.29) is 11.9 Å². The number of methoxy groups -OCH3 is 1. The molecule has 132 valence electrons. The first-order chi connectivity index (χ1) is 12.8. The molecule has 7 nitrogen and oxygen atoms in total. The van der Waals surface area contributed by atoms with Crippen LogP contribution in [0, 0.1) is 0 Å². The van der Waals surface area contributed by atoms with Crippen molar-refractivity contribution in [1.29, 1.82) is 0 Å². The van der Waals surface area contributed by atoms with Gasteiger partial charge in [0.05, 0.1) is 12.7 Å². The summed E-state index contributed by atoms with van der Waals surface area (Å²) in [5, 5.41) is 4.09. The molecule has 0 spiro atoms. The van der Waals surface area contributed by atoms with Crippen LogP contribution in [0.4, 0.5) is 0 Å². The lowest BCUT2D eigenvalue weighted by atomic mass is 10.2. The van der Waals surface area contributed by atoms with Crippen molar-refractivity contribution in [1.82, 2.24) is 20.0 Å². The highest BCUT2D eigenvalue weighted by molar-refractivity contribution is 5.92. The molecule has 26 heavy (non-hydrogen) atoms. The quantitative estimate of drug-likeness (QED) is 0.719. The van der Waals surface area contributed by atoms with Gasteiger partial charge in [0.25, 0.3) is 5.91 Å². The van der Waals surface area contributed by atoms with Crippen molar-refractivity contribution in [2.75, 3.05) is 13.7 Å². The number of nitrogens with zero attached hydrogens (tertiary/aromatic N) is 4. The molecule has 0 aliphatic carbocycles. The molecule has 3 aromatic rings. The molecule has 0 N–H and O–H groups in total. The monoisotopic (exact) mass is 350 g/mol. The lowest BCUT2D eigenvalue weighted by Gasteiger charge is -2.21. The van der Waals surface area contributed by atoms with Crippen LogP contribution in [0.2, 0.25) is 0 Å². The van der Waals surface area contributed by atoms with Crippen molar-refractivity contribution < 1.29 is 14.1 Å². The van der Waals surface area contributed by atoms with Crippen LogP contribution >= 0.6 is 0 Å². The summed E-state index contributed by atoms with van der Waals surface area (Å²) < 4.78 is 10.8. The Balaban J connectivity index is 1.61. The van der Waals surface area contributed by atoms with Gasteiger partial charge in [0.1, 0.15) is 17.5 Å². The van der Waals surface area contributed by atoms with Gasteiger partial charge in [-0.2, -0.15) is 4.98 Å². The van der Waals surface area contributed by atoms with Gasteiger partial charge in [-0.1, -0.05) is 23.4 Å². The zero-order valence-electron chi connectivity index (χ0n) is 14.3. The lowest BCUT2D eigenvalue weighted by Crippen LogP contribution is -2.31. The average molecular weight is 350 g/mol. The number of rotatable bonds is 4. The third kappa shape index (κ3) is 2.92. The topological polar surface area (TPSA) is 81.4 Å². The third-order valence-electron chi connectivity index (χ3n) is 4.47. The summed E-state index contributed by atoms with van der Waals surface area (Å²) in [6, 6.07) is 12.6. The number of carbonyl (C=O) groups excluding carboxylic acids is 1. The molecule has 1 aromatic carbocycles. The molecular formula is C19H18N4O3. The molecule has 1 unspecified atom stereocenters. The first kappa shape index (κ1) is 16.3. The first-order valence-electron chi connectivity index (χ1n) is 8.47. The van der Waals surface area contributed by atoms with Crippen molar-refractivity contribution in [3.8, 4) is 17.1 Å². The summed E-state index contributed by atoms with van der Waals surface area (Å²) in [7, 11) is 1.60. The fourth-order valence-corrected chi connectivity index (χ4v) is 3.21. The Kier molecular flexibility index (Phi) is 4.35. The van der Waals surface area contributed by atoms with Gasteiger partial charge in [-0.15, -0.1) is 0 Å². The highest BCUT2D eigenvalue weighted by Gasteiger charge is 2.35. The molecule has 1 amide bonds. The Morgan fingerprint density at radius 1 is 1.23 bits per heavy atom. The van der Waals surface area contributed by atoms with Crippen molar-refractivity contribution in [2.45, 2.75) is 18.9 Å². The fourth-order valence-electron chi connectivity index (χ4n) is 3.21. The van der Waals surface area contributed by atoms with Gasteiger partial charge in [-0.05, 0) is 37.1 Å². The van der Waals surface area contributed by atoms with Gasteiger partial charge in [0.2, 0.25) is 11.7 Å². The average Bonchev–Trinajstić information content (AvgIpc) is 3.37. The standard InChI is InChI=1S/C19H18N4O3/c1-25-16-10-3-2-7-13(16)17-21-18(26-22-17)15-9-6-12-23(15)19(24)14-8-4-5-11-20-14/h2-5,7-8,10-11,15H,6,9,12H2,1H3. The zero-order valence-corrected chi connectivity index (χ0v) is 14.3.